The Hall–Kier alpha value is -2.57. The van der Waals surface area contributed by atoms with Crippen molar-refractivity contribution >= 4 is 35.3 Å². The van der Waals surface area contributed by atoms with E-state index in [1.807, 2.05) is 42.5 Å². The smallest absolute Gasteiger partial charge is 0.262 e. The lowest BCUT2D eigenvalue weighted by Gasteiger charge is -2.18. The van der Waals surface area contributed by atoms with Gasteiger partial charge in [0, 0.05) is 10.5 Å². The number of fused-ring (bicyclic) bond motifs is 1. The van der Waals surface area contributed by atoms with E-state index in [1.165, 1.54) is 16.7 Å². The molecule has 0 saturated carbocycles. The first-order valence-corrected chi connectivity index (χ1v) is 10.4. The van der Waals surface area contributed by atoms with Gasteiger partial charge in [0.25, 0.3) is 11.8 Å². The molecule has 2 aromatic carbocycles. The van der Waals surface area contributed by atoms with E-state index >= 15 is 0 Å². The van der Waals surface area contributed by atoms with Gasteiger partial charge in [-0.25, -0.2) is 0 Å². The molecule has 0 fully saturated rings. The van der Waals surface area contributed by atoms with Crippen LogP contribution in [-0.2, 0) is 4.79 Å². The van der Waals surface area contributed by atoms with Crippen molar-refractivity contribution in [2.24, 2.45) is 0 Å². The lowest BCUT2D eigenvalue weighted by molar-refractivity contribution is -0.895. The van der Waals surface area contributed by atoms with Crippen LogP contribution in [0.1, 0.15) is 29.8 Å². The minimum absolute atomic E-state index is 0.0653. The zero-order valence-corrected chi connectivity index (χ0v) is 17.1. The van der Waals surface area contributed by atoms with Crippen LogP contribution >= 0.6 is 11.8 Å². The highest BCUT2D eigenvalue weighted by atomic mass is 32.2. The fourth-order valence-electron chi connectivity index (χ4n) is 3.04. The van der Waals surface area contributed by atoms with Crippen molar-refractivity contribution < 1.29 is 14.5 Å². The van der Waals surface area contributed by atoms with Gasteiger partial charge >= 0.3 is 0 Å². The van der Waals surface area contributed by atoms with Crippen LogP contribution in [0, 0.1) is 0 Å². The summed E-state index contributed by atoms with van der Waals surface area (Å²) >= 11 is 1.46. The Morgan fingerprint density at radius 3 is 2.54 bits per heavy atom. The van der Waals surface area contributed by atoms with E-state index in [2.05, 4.69) is 24.5 Å². The number of anilines is 1. The normalized spacial score (nSPS) is 14.7. The minimum Gasteiger partial charge on any atom is -0.346 e. The van der Waals surface area contributed by atoms with E-state index in [1.54, 1.807) is 12.1 Å². The Bertz CT molecular complexity index is 874. The van der Waals surface area contributed by atoms with Crippen LogP contribution in [0.3, 0.4) is 0 Å². The van der Waals surface area contributed by atoms with Gasteiger partial charge in [-0.2, -0.15) is 0 Å². The number of amides is 2. The van der Waals surface area contributed by atoms with E-state index < -0.39 is 0 Å². The van der Waals surface area contributed by atoms with E-state index in [0.29, 0.717) is 17.0 Å². The van der Waals surface area contributed by atoms with Gasteiger partial charge in [0.15, 0.2) is 0 Å². The summed E-state index contributed by atoms with van der Waals surface area (Å²) in [7, 11) is 0. The van der Waals surface area contributed by atoms with E-state index in [4.69, 9.17) is 0 Å². The fraction of sp³-hybridized carbons (Fsp3) is 0.273. The molecule has 146 valence electrons. The molecule has 0 bridgehead atoms. The van der Waals surface area contributed by atoms with Gasteiger partial charge in [0.05, 0.1) is 36.8 Å². The third-order valence-electron chi connectivity index (χ3n) is 4.81. The number of carbonyl (C=O) groups is 2. The summed E-state index contributed by atoms with van der Waals surface area (Å²) in [6, 6.07) is 15.1. The number of likely N-dealkylation sites (N-methyl/N-ethyl adjacent to an activating group) is 1. The van der Waals surface area contributed by atoms with Gasteiger partial charge in [0.1, 0.15) is 0 Å². The van der Waals surface area contributed by atoms with Gasteiger partial charge in [0.2, 0.25) is 0 Å². The van der Waals surface area contributed by atoms with Crippen molar-refractivity contribution in [3.05, 3.63) is 64.6 Å². The summed E-state index contributed by atoms with van der Waals surface area (Å²) in [5, 5.41) is 5.88. The highest BCUT2D eigenvalue weighted by molar-refractivity contribution is 8.04. The van der Waals surface area contributed by atoms with Crippen LogP contribution in [0.4, 0.5) is 5.69 Å². The Morgan fingerprint density at radius 1 is 1.11 bits per heavy atom. The molecule has 0 atom stereocenters. The van der Waals surface area contributed by atoms with Crippen molar-refractivity contribution in [2.75, 3.05) is 31.5 Å². The SMILES string of the molecule is CC[NH+](CC)CCNC(=O)c1ccc(C=C2Sc3ccccc3NC2=O)cc1. The molecule has 0 aliphatic carbocycles. The summed E-state index contributed by atoms with van der Waals surface area (Å²) in [6.45, 7) is 8.01. The highest BCUT2D eigenvalue weighted by Crippen LogP contribution is 2.38. The van der Waals surface area contributed by atoms with Crippen molar-refractivity contribution in [1.82, 2.24) is 5.32 Å². The molecule has 6 heteroatoms. The second kappa shape index (κ2) is 9.57. The number of nitrogens with one attached hydrogen (secondary N) is 3. The Balaban J connectivity index is 1.62. The van der Waals surface area contributed by atoms with Crippen LogP contribution in [0.15, 0.2) is 58.3 Å². The molecular weight excluding hydrogens is 370 g/mol. The van der Waals surface area contributed by atoms with Gasteiger partial charge in [-0.15, -0.1) is 0 Å². The van der Waals surface area contributed by atoms with E-state index in [9.17, 15) is 9.59 Å². The molecule has 3 N–H and O–H groups in total. The topological polar surface area (TPSA) is 62.6 Å². The lowest BCUT2D eigenvalue weighted by Crippen LogP contribution is -3.12. The van der Waals surface area contributed by atoms with Crippen LogP contribution < -0.4 is 15.5 Å². The predicted octanol–water partition coefficient (Wildman–Crippen LogP) is 2.43. The van der Waals surface area contributed by atoms with E-state index in [-0.39, 0.29) is 11.8 Å². The van der Waals surface area contributed by atoms with Gasteiger partial charge in [-0.05, 0) is 49.8 Å². The van der Waals surface area contributed by atoms with Crippen molar-refractivity contribution in [1.29, 1.82) is 0 Å². The number of carbonyl (C=O) groups excluding carboxylic acids is 2. The van der Waals surface area contributed by atoms with Gasteiger partial charge in [-0.1, -0.05) is 36.0 Å². The molecule has 0 unspecified atom stereocenters. The molecule has 28 heavy (non-hydrogen) atoms. The summed E-state index contributed by atoms with van der Waals surface area (Å²) in [6.07, 6.45) is 1.85. The molecular formula is C22H26N3O2S+. The maximum atomic E-state index is 12.3. The number of thioether (sulfide) groups is 1. The lowest BCUT2D eigenvalue weighted by atomic mass is 10.1. The number of hydrogen-bond acceptors (Lipinski definition) is 3. The Labute approximate surface area is 170 Å². The summed E-state index contributed by atoms with van der Waals surface area (Å²) in [5.41, 5.74) is 2.36. The molecule has 3 rings (SSSR count). The van der Waals surface area contributed by atoms with Gasteiger partial charge < -0.3 is 15.5 Å². The predicted molar refractivity (Wildman–Crippen MR) is 115 cm³/mol. The molecule has 0 spiro atoms. The van der Waals surface area contributed by atoms with Crippen molar-refractivity contribution in [3.63, 3.8) is 0 Å². The van der Waals surface area contributed by atoms with E-state index in [0.717, 1.165) is 35.8 Å². The Morgan fingerprint density at radius 2 is 1.82 bits per heavy atom. The first-order chi connectivity index (χ1) is 13.6. The molecule has 0 saturated heterocycles. The number of benzene rings is 2. The molecule has 1 aliphatic heterocycles. The minimum atomic E-state index is -0.107. The zero-order valence-electron chi connectivity index (χ0n) is 16.2. The van der Waals surface area contributed by atoms with Crippen LogP contribution in [0.2, 0.25) is 0 Å². The maximum absolute atomic E-state index is 12.3. The average molecular weight is 397 g/mol. The molecule has 1 heterocycles. The average Bonchev–Trinajstić information content (AvgIpc) is 2.72. The molecule has 1 aliphatic rings. The summed E-state index contributed by atoms with van der Waals surface area (Å²) in [4.78, 5) is 27.7. The number of quaternary nitrogens is 1. The second-order valence-corrected chi connectivity index (χ2v) is 7.73. The van der Waals surface area contributed by atoms with Crippen LogP contribution in [-0.4, -0.2) is 38.0 Å². The van der Waals surface area contributed by atoms with Crippen molar-refractivity contribution in [2.45, 2.75) is 18.7 Å². The quantitative estimate of drug-likeness (QED) is 0.630. The van der Waals surface area contributed by atoms with Gasteiger partial charge in [-0.3, -0.25) is 9.59 Å². The standard InChI is InChI=1S/C22H25N3O2S/c1-3-25(4-2)14-13-23-21(26)17-11-9-16(10-12-17)15-20-22(27)24-18-7-5-6-8-19(18)28-20/h5-12,15H,3-4,13-14H2,1-2H3,(H,23,26)(H,24,27)/p+1. The monoisotopic (exact) mass is 396 g/mol. The molecule has 5 nitrogen and oxygen atoms in total. The molecule has 0 radical (unpaired) electrons. The zero-order chi connectivity index (χ0) is 19.9. The third kappa shape index (κ3) is 5.03. The highest BCUT2D eigenvalue weighted by Gasteiger charge is 2.20. The number of para-hydroxylation sites is 1. The largest absolute Gasteiger partial charge is 0.346 e. The fourth-order valence-corrected chi connectivity index (χ4v) is 3.99. The van der Waals surface area contributed by atoms with Crippen LogP contribution in [0.5, 0.6) is 0 Å². The molecule has 0 aromatic heterocycles. The summed E-state index contributed by atoms with van der Waals surface area (Å²) < 4.78 is 0. The third-order valence-corrected chi connectivity index (χ3v) is 5.91. The number of rotatable bonds is 7. The molecule has 2 aromatic rings. The van der Waals surface area contributed by atoms with Crippen LogP contribution in [0.25, 0.3) is 6.08 Å². The first kappa shape index (κ1) is 20.2. The first-order valence-electron chi connectivity index (χ1n) is 9.62. The Kier molecular flexibility index (Phi) is 6.90. The second-order valence-electron chi connectivity index (χ2n) is 6.65. The summed E-state index contributed by atoms with van der Waals surface area (Å²) in [5.74, 6) is -0.172. The maximum Gasteiger partial charge on any atom is 0.262 e. The number of hydrogen-bond donors (Lipinski definition) is 3. The van der Waals surface area contributed by atoms with Crippen molar-refractivity contribution in [3.8, 4) is 0 Å². The molecule has 2 amide bonds.